The summed E-state index contributed by atoms with van der Waals surface area (Å²) in [5, 5.41) is 23.1. The molecule has 0 amide bonds. The number of nitrogens with one attached hydrogen (secondary N) is 1. The molecule has 0 fully saturated rings. The Labute approximate surface area is 133 Å². The third kappa shape index (κ3) is 3.10. The van der Waals surface area contributed by atoms with Crippen LogP contribution in [0.5, 0.6) is 5.75 Å². The topological polar surface area (TPSA) is 57.0 Å². The number of fused-ring (bicyclic) bond motifs is 1. The molecule has 0 aromatic heterocycles. The average molecular weight is 307 g/mol. The van der Waals surface area contributed by atoms with Crippen LogP contribution in [0.15, 0.2) is 77.0 Å². The molecule has 0 atom stereocenters. The van der Waals surface area contributed by atoms with E-state index in [9.17, 15) is 5.11 Å². The number of azo groups is 1. The molecule has 5 heteroatoms. The van der Waals surface area contributed by atoms with E-state index < -0.39 is 0 Å². The normalized spacial score (nSPS) is 10.9. The molecule has 0 heterocycles. The van der Waals surface area contributed by atoms with Crippen LogP contribution in [0.2, 0.25) is 0 Å². The standard InChI is InChI=1S/C17H13N3OS/c21-16-14-9-5-4-6-12(14)10-11-15(16)19-20-17(22)18-13-7-2-1-3-8-13/h1-11,21H,(H,18,22). The minimum Gasteiger partial charge on any atom is -0.505 e. The number of benzene rings is 3. The number of nitrogens with zero attached hydrogens (tertiary/aromatic N) is 2. The number of hydrogen-bond acceptors (Lipinski definition) is 3. The van der Waals surface area contributed by atoms with Gasteiger partial charge >= 0.3 is 0 Å². The van der Waals surface area contributed by atoms with Gasteiger partial charge in [0.2, 0.25) is 5.11 Å². The number of phenols is 1. The molecule has 0 spiro atoms. The Morgan fingerprint density at radius 3 is 2.45 bits per heavy atom. The molecule has 0 saturated heterocycles. The van der Waals surface area contributed by atoms with Crippen LogP contribution in [-0.4, -0.2) is 10.2 Å². The Balaban J connectivity index is 1.80. The molecule has 108 valence electrons. The highest BCUT2D eigenvalue weighted by Gasteiger charge is 2.05. The Bertz CT molecular complexity index is 847. The molecule has 0 saturated carbocycles. The van der Waals surface area contributed by atoms with Crippen molar-refractivity contribution in [2.75, 3.05) is 5.32 Å². The van der Waals surface area contributed by atoms with Gasteiger partial charge in [-0.05, 0) is 35.8 Å². The van der Waals surface area contributed by atoms with Crippen molar-refractivity contribution in [1.82, 2.24) is 0 Å². The summed E-state index contributed by atoms with van der Waals surface area (Å²) in [6, 6.07) is 20.6. The fraction of sp³-hybridized carbons (Fsp3) is 0. The van der Waals surface area contributed by atoms with Gasteiger partial charge in [-0.1, -0.05) is 48.5 Å². The van der Waals surface area contributed by atoms with Crippen molar-refractivity contribution in [3.63, 3.8) is 0 Å². The third-order valence-corrected chi connectivity index (χ3v) is 3.34. The summed E-state index contributed by atoms with van der Waals surface area (Å²) >= 11 is 5.12. The lowest BCUT2D eigenvalue weighted by atomic mass is 10.1. The van der Waals surface area contributed by atoms with E-state index in [2.05, 4.69) is 15.5 Å². The Hall–Kier alpha value is -2.79. The maximum Gasteiger partial charge on any atom is 0.218 e. The molecule has 3 aromatic rings. The third-order valence-electron chi connectivity index (χ3n) is 3.15. The highest BCUT2D eigenvalue weighted by Crippen LogP contribution is 2.34. The number of thiocarbonyl (C=S) groups is 1. The maximum atomic E-state index is 10.2. The zero-order chi connectivity index (χ0) is 15.4. The van der Waals surface area contributed by atoms with Gasteiger partial charge < -0.3 is 10.4 Å². The van der Waals surface area contributed by atoms with Crippen molar-refractivity contribution in [2.45, 2.75) is 0 Å². The van der Waals surface area contributed by atoms with Crippen LogP contribution in [0.4, 0.5) is 11.4 Å². The number of anilines is 1. The largest absolute Gasteiger partial charge is 0.505 e. The van der Waals surface area contributed by atoms with Crippen molar-refractivity contribution in [1.29, 1.82) is 0 Å². The highest BCUT2D eigenvalue weighted by molar-refractivity contribution is 7.80. The molecule has 0 unspecified atom stereocenters. The van der Waals surface area contributed by atoms with Gasteiger partial charge in [0.15, 0.2) is 5.75 Å². The number of rotatable bonds is 2. The summed E-state index contributed by atoms with van der Waals surface area (Å²) in [7, 11) is 0. The van der Waals surface area contributed by atoms with Crippen molar-refractivity contribution in [3.8, 4) is 5.75 Å². The first-order valence-corrected chi connectivity index (χ1v) is 7.13. The van der Waals surface area contributed by atoms with Gasteiger partial charge in [-0.15, -0.1) is 10.2 Å². The number of hydrogen-bond donors (Lipinski definition) is 2. The van der Waals surface area contributed by atoms with E-state index in [1.165, 1.54) is 0 Å². The van der Waals surface area contributed by atoms with E-state index in [0.29, 0.717) is 5.69 Å². The zero-order valence-corrected chi connectivity index (χ0v) is 12.4. The van der Waals surface area contributed by atoms with Gasteiger partial charge in [-0.25, -0.2) is 0 Å². The summed E-state index contributed by atoms with van der Waals surface area (Å²) in [6.07, 6.45) is 0. The second-order valence-corrected chi connectivity index (χ2v) is 5.04. The Morgan fingerprint density at radius 2 is 1.64 bits per heavy atom. The first-order chi connectivity index (χ1) is 10.7. The van der Waals surface area contributed by atoms with Crippen LogP contribution < -0.4 is 5.32 Å². The van der Waals surface area contributed by atoms with Gasteiger partial charge in [0.05, 0.1) is 0 Å². The van der Waals surface area contributed by atoms with E-state index >= 15 is 0 Å². The summed E-state index contributed by atoms with van der Waals surface area (Å²) in [6.45, 7) is 0. The van der Waals surface area contributed by atoms with Crippen LogP contribution in [0.25, 0.3) is 10.8 Å². The van der Waals surface area contributed by atoms with Crippen molar-refractivity contribution >= 4 is 39.5 Å². The van der Waals surface area contributed by atoms with E-state index in [-0.39, 0.29) is 10.9 Å². The molecule has 4 nitrogen and oxygen atoms in total. The van der Waals surface area contributed by atoms with E-state index in [4.69, 9.17) is 12.2 Å². The Kier molecular flexibility index (Phi) is 4.07. The number of aromatic hydroxyl groups is 1. The van der Waals surface area contributed by atoms with Crippen molar-refractivity contribution in [3.05, 3.63) is 66.7 Å². The second-order valence-electron chi connectivity index (χ2n) is 4.65. The predicted octanol–water partition coefficient (Wildman–Crippen LogP) is 5.03. The first-order valence-electron chi connectivity index (χ1n) is 6.72. The van der Waals surface area contributed by atoms with E-state index in [0.717, 1.165) is 16.5 Å². The minimum absolute atomic E-state index is 0.101. The molecular formula is C17H13N3OS. The van der Waals surface area contributed by atoms with Crippen molar-refractivity contribution < 1.29 is 5.11 Å². The van der Waals surface area contributed by atoms with Gasteiger partial charge in [0.1, 0.15) is 5.69 Å². The monoisotopic (exact) mass is 307 g/mol. The summed E-state index contributed by atoms with van der Waals surface area (Å²) in [4.78, 5) is 0. The molecule has 0 aliphatic heterocycles. The first kappa shape index (κ1) is 14.2. The maximum absolute atomic E-state index is 10.2. The van der Waals surface area contributed by atoms with Crippen LogP contribution >= 0.6 is 12.2 Å². The summed E-state index contributed by atoms with van der Waals surface area (Å²) in [5.74, 6) is 0.101. The molecular weight excluding hydrogens is 294 g/mol. The second kappa shape index (κ2) is 6.32. The van der Waals surface area contributed by atoms with Crippen LogP contribution in [0, 0.1) is 0 Å². The predicted molar refractivity (Wildman–Crippen MR) is 92.8 cm³/mol. The fourth-order valence-electron chi connectivity index (χ4n) is 2.09. The molecule has 0 aliphatic carbocycles. The molecule has 22 heavy (non-hydrogen) atoms. The van der Waals surface area contributed by atoms with Gasteiger partial charge in [0, 0.05) is 11.1 Å². The molecule has 2 N–H and O–H groups in total. The van der Waals surface area contributed by atoms with E-state index in [1.807, 2.05) is 60.7 Å². The fourth-order valence-corrected chi connectivity index (χ4v) is 2.25. The molecule has 3 aromatic carbocycles. The number of para-hydroxylation sites is 1. The lowest BCUT2D eigenvalue weighted by Crippen LogP contribution is -2.04. The van der Waals surface area contributed by atoms with Crippen LogP contribution in [-0.2, 0) is 0 Å². The van der Waals surface area contributed by atoms with Crippen LogP contribution in [0.1, 0.15) is 0 Å². The van der Waals surface area contributed by atoms with Gasteiger partial charge in [-0.2, -0.15) is 0 Å². The number of phenolic OH excluding ortho intramolecular Hbond substituents is 1. The lowest BCUT2D eigenvalue weighted by molar-refractivity contribution is 0.482. The SMILES string of the molecule is Oc1c(N=NC(=S)Nc2ccccc2)ccc2ccccc12. The summed E-state index contributed by atoms with van der Waals surface area (Å²) in [5.41, 5.74) is 1.23. The van der Waals surface area contributed by atoms with Crippen molar-refractivity contribution in [2.24, 2.45) is 10.2 Å². The average Bonchev–Trinajstić information content (AvgIpc) is 2.55. The molecule has 0 aliphatic rings. The quantitative estimate of drug-likeness (QED) is 0.516. The minimum atomic E-state index is 0.101. The van der Waals surface area contributed by atoms with Gasteiger partial charge in [0.25, 0.3) is 0 Å². The summed E-state index contributed by atoms with van der Waals surface area (Å²) < 4.78 is 0. The molecule has 0 radical (unpaired) electrons. The lowest BCUT2D eigenvalue weighted by Gasteiger charge is -2.04. The zero-order valence-electron chi connectivity index (χ0n) is 11.6. The smallest absolute Gasteiger partial charge is 0.218 e. The van der Waals surface area contributed by atoms with E-state index in [1.54, 1.807) is 6.07 Å². The van der Waals surface area contributed by atoms with Crippen LogP contribution in [0.3, 0.4) is 0 Å². The highest BCUT2D eigenvalue weighted by atomic mass is 32.1. The Morgan fingerprint density at radius 1 is 0.909 bits per heavy atom. The molecule has 3 rings (SSSR count). The molecule has 0 bridgehead atoms. The van der Waals surface area contributed by atoms with Gasteiger partial charge in [-0.3, -0.25) is 0 Å².